The molecule has 3 heterocycles. The van der Waals surface area contributed by atoms with Gasteiger partial charge in [0.05, 0.1) is 49.6 Å². The fourth-order valence-electron chi connectivity index (χ4n) is 11.9. The average Bonchev–Trinajstić information content (AvgIpc) is 0.943. The summed E-state index contributed by atoms with van der Waals surface area (Å²) in [6.07, 6.45) is -16.4. The number of nitrogens with two attached hydrogens (primary N) is 1. The van der Waals surface area contributed by atoms with Gasteiger partial charge in [-0.25, -0.2) is 0 Å². The first kappa shape index (κ1) is 79.5. The number of carbonyl (C=O) groups excluding carboxylic acids is 9. The average molecular weight is 1320 g/mol. The lowest BCUT2D eigenvalue weighted by Gasteiger charge is -2.47. The van der Waals surface area contributed by atoms with Crippen LogP contribution in [0, 0.1) is 53.3 Å². The number of nitrogens with one attached hydrogen (secondary N) is 4. The van der Waals surface area contributed by atoms with E-state index in [9.17, 15) is 88.8 Å². The molecule has 3 aliphatic rings. The number of benzene rings is 1. The fraction of sp³-hybridized carbons (Fsp3) is 0.754. The number of aliphatic hydroxyl groups is 6. The summed E-state index contributed by atoms with van der Waals surface area (Å²) < 4.78 is 23.8. The van der Waals surface area contributed by atoms with E-state index >= 15 is 0 Å². The molecule has 0 spiro atoms. The van der Waals surface area contributed by atoms with Crippen molar-refractivity contribution < 1.29 is 108 Å². The van der Waals surface area contributed by atoms with Gasteiger partial charge in [-0.1, -0.05) is 81.4 Å². The number of carbonyl (C=O) groups is 10. The van der Waals surface area contributed by atoms with Crippen LogP contribution in [0.5, 0.6) is 5.75 Å². The lowest BCUT2D eigenvalue weighted by molar-refractivity contribution is -0.354. The number of aromatic hydroxyl groups is 1. The molecule has 10 unspecified atom stereocenters. The van der Waals surface area contributed by atoms with Gasteiger partial charge in [0.25, 0.3) is 0 Å². The van der Waals surface area contributed by atoms with Crippen molar-refractivity contribution in [3.05, 3.63) is 29.8 Å². The minimum atomic E-state index is -1.87. The molecule has 21 atom stereocenters. The van der Waals surface area contributed by atoms with Crippen molar-refractivity contribution in [3.8, 4) is 5.75 Å². The van der Waals surface area contributed by atoms with Gasteiger partial charge in [-0.05, 0) is 87.8 Å². The van der Waals surface area contributed by atoms with Gasteiger partial charge in [0, 0.05) is 61.8 Å². The third-order valence-electron chi connectivity index (χ3n) is 17.9. The Morgan fingerprint density at radius 3 is 1.70 bits per heavy atom. The molecule has 1 aromatic rings. The van der Waals surface area contributed by atoms with E-state index in [0.717, 1.165) is 0 Å². The summed E-state index contributed by atoms with van der Waals surface area (Å²) in [5.41, 5.74) is 6.98. The molecule has 28 heteroatoms. The van der Waals surface area contributed by atoms with Crippen molar-refractivity contribution in [2.24, 2.45) is 59.0 Å². The quantitative estimate of drug-likeness (QED) is 0.0419. The first-order chi connectivity index (χ1) is 43.4. The summed E-state index contributed by atoms with van der Waals surface area (Å²) in [4.78, 5) is 139. The highest BCUT2D eigenvalue weighted by molar-refractivity contribution is 5.98. The molecule has 0 aliphatic carbocycles. The largest absolute Gasteiger partial charge is 0.508 e. The monoisotopic (exact) mass is 1320 g/mol. The van der Waals surface area contributed by atoms with E-state index in [1.807, 2.05) is 13.8 Å². The SMILES string of the molecule is CC(C)CC(CC(=O)[C@@H](NC(=O)C(N)Cc1ccc(O)cc1)C(C)O[C@H]1OC(CO)[C@H](O)[C@H](O[C@@H]2OC(CO)[C@H](O)[C@H](O)C2O)C1C)C(=O)N1CCC[C@H]1C(=O)CC(C)C(=O)N[C@@H](C)C(=O)CC(C(=O)N[C@H](C(=O)CC(C(=O)N[C@@H](C)C(=O)O)C(C)C)C(C)C)C(C)C. The predicted octanol–water partition coefficient (Wildman–Crippen LogP) is -0.0434. The zero-order valence-electron chi connectivity index (χ0n) is 55.8. The molecule has 5 amide bonds. The zero-order valence-corrected chi connectivity index (χ0v) is 55.8. The molecule has 4 rings (SSSR count). The van der Waals surface area contributed by atoms with Crippen LogP contribution in [0.3, 0.4) is 0 Å². The normalized spacial score (nSPS) is 26.6. The van der Waals surface area contributed by atoms with Crippen LogP contribution in [0.25, 0.3) is 0 Å². The second-order valence-corrected chi connectivity index (χ2v) is 27.0. The lowest BCUT2D eigenvalue weighted by Crippen LogP contribution is -2.63. The minimum Gasteiger partial charge on any atom is -0.508 e. The molecule has 0 aromatic heterocycles. The Balaban J connectivity index is 1.49. The number of carboxylic acid groups (broad SMARTS) is 1. The summed E-state index contributed by atoms with van der Waals surface area (Å²) >= 11 is 0. The Kier molecular flexibility index (Phi) is 31.0. The first-order valence-electron chi connectivity index (χ1n) is 32.4. The van der Waals surface area contributed by atoms with Gasteiger partial charge in [-0.3, -0.25) is 47.9 Å². The van der Waals surface area contributed by atoms with Crippen LogP contribution in [0.15, 0.2) is 24.3 Å². The molecule has 526 valence electrons. The maximum absolute atomic E-state index is 14.9. The van der Waals surface area contributed by atoms with E-state index in [0.29, 0.717) is 12.0 Å². The number of aliphatic hydroxyl groups excluding tert-OH is 6. The Hall–Kier alpha value is -5.92. The van der Waals surface area contributed by atoms with Crippen molar-refractivity contribution >= 4 is 58.6 Å². The standard InChI is InChI=1S/C65H104N6O22/c1-29(2)21-39(24-47(77)52(70-61(86)43(66)23-38-16-18-40(74)19-17-38)37(13)90-64-34(10)57(54(80)50(28-73)91-64)93-65-56(82)55(81)53(79)49(27-72)92-65)62(87)71-20-14-15-44(71)46(76)22-33(9)58(83)67-35(11)45(75)25-41(30(3)4)60(85)69-51(32(7)8)48(78)26-42(31(5)6)59(84)68-36(12)63(88)89/h16-19,29-37,39,41-44,49-57,64-65,72-74,79-82H,14-15,20-28,66H2,1-13H3,(H,67,83)(H,68,84)(H,69,85)(H,70,86)(H,88,89)/t33?,34?,35-,36-,37?,39?,41?,42?,43?,44-,49?,50?,51-,52-,53-,54-,55-,56?,57+,64-,65-/m0/s1. The van der Waals surface area contributed by atoms with Crippen LogP contribution >= 0.6 is 0 Å². The number of rotatable bonds is 36. The van der Waals surface area contributed by atoms with Gasteiger partial charge in [0.15, 0.2) is 35.7 Å². The molecule has 1 aromatic carbocycles. The Labute approximate surface area is 544 Å². The molecule has 93 heavy (non-hydrogen) atoms. The Bertz CT molecular complexity index is 2690. The summed E-state index contributed by atoms with van der Waals surface area (Å²) in [5.74, 6) is -12.9. The van der Waals surface area contributed by atoms with Crippen LogP contribution in [0.2, 0.25) is 0 Å². The van der Waals surface area contributed by atoms with Gasteiger partial charge in [-0.15, -0.1) is 0 Å². The van der Waals surface area contributed by atoms with Crippen LogP contribution in [-0.4, -0.2) is 222 Å². The van der Waals surface area contributed by atoms with Gasteiger partial charge in [-0.2, -0.15) is 0 Å². The number of amides is 5. The number of likely N-dealkylation sites (tertiary alicyclic amines) is 1. The highest BCUT2D eigenvalue weighted by atomic mass is 16.7. The molecule has 3 fully saturated rings. The molecule has 0 saturated carbocycles. The van der Waals surface area contributed by atoms with Gasteiger partial charge in [0.1, 0.15) is 54.5 Å². The second-order valence-electron chi connectivity index (χ2n) is 27.0. The van der Waals surface area contributed by atoms with Crippen molar-refractivity contribution in [1.29, 1.82) is 0 Å². The van der Waals surface area contributed by atoms with Crippen molar-refractivity contribution in [1.82, 2.24) is 26.2 Å². The van der Waals surface area contributed by atoms with Crippen LogP contribution in [0.4, 0.5) is 0 Å². The summed E-state index contributed by atoms with van der Waals surface area (Å²) in [7, 11) is 0. The van der Waals surface area contributed by atoms with Crippen LogP contribution < -0.4 is 27.0 Å². The predicted molar refractivity (Wildman–Crippen MR) is 333 cm³/mol. The van der Waals surface area contributed by atoms with E-state index in [4.69, 9.17) is 24.7 Å². The van der Waals surface area contributed by atoms with E-state index in [-0.39, 0.29) is 62.7 Å². The third kappa shape index (κ3) is 22.1. The number of phenolic OH excluding ortho intramolecular Hbond substituents is 1. The maximum atomic E-state index is 14.9. The molecule has 0 radical (unpaired) electrons. The Morgan fingerprint density at radius 1 is 0.624 bits per heavy atom. The van der Waals surface area contributed by atoms with E-state index < -0.39 is 217 Å². The number of hydrogen-bond acceptors (Lipinski definition) is 22. The molecule has 14 N–H and O–H groups in total. The summed E-state index contributed by atoms with van der Waals surface area (Å²) in [6, 6.07) is -1.25. The number of phenols is 1. The summed E-state index contributed by atoms with van der Waals surface area (Å²) in [5, 5.41) is 92.8. The number of hydrogen-bond donors (Lipinski definition) is 13. The lowest BCUT2D eigenvalue weighted by atomic mass is 9.84. The van der Waals surface area contributed by atoms with Gasteiger partial charge >= 0.3 is 5.97 Å². The van der Waals surface area contributed by atoms with E-state index in [1.165, 1.54) is 51.7 Å². The van der Waals surface area contributed by atoms with Gasteiger partial charge in [0.2, 0.25) is 29.5 Å². The highest BCUT2D eigenvalue weighted by Gasteiger charge is 2.51. The first-order valence-corrected chi connectivity index (χ1v) is 32.4. The third-order valence-corrected chi connectivity index (χ3v) is 17.9. The van der Waals surface area contributed by atoms with Crippen molar-refractivity contribution in [2.75, 3.05) is 19.8 Å². The van der Waals surface area contributed by atoms with E-state index in [1.54, 1.807) is 53.7 Å². The molecular formula is C65H104N6O22. The van der Waals surface area contributed by atoms with Crippen LogP contribution in [0.1, 0.15) is 141 Å². The smallest absolute Gasteiger partial charge is 0.325 e. The Morgan fingerprint density at radius 2 is 1.15 bits per heavy atom. The summed E-state index contributed by atoms with van der Waals surface area (Å²) in [6.45, 7) is 19.7. The topological polar surface area (TPSA) is 447 Å². The fourth-order valence-corrected chi connectivity index (χ4v) is 11.9. The number of Topliss-reactive ketones (excluding diaryl/α,β-unsaturated/α-hetero) is 4. The molecule has 0 bridgehead atoms. The number of carboxylic acids is 1. The molecule has 28 nitrogen and oxygen atoms in total. The second kappa shape index (κ2) is 36.3. The number of ether oxygens (including phenoxy) is 4. The number of aliphatic carboxylic acids is 1. The minimum absolute atomic E-state index is 0.0259. The molecule has 3 aliphatic heterocycles. The van der Waals surface area contributed by atoms with Crippen molar-refractivity contribution in [2.45, 2.75) is 239 Å². The number of nitrogens with zero attached hydrogens (tertiary/aromatic N) is 1. The van der Waals surface area contributed by atoms with Crippen molar-refractivity contribution in [3.63, 3.8) is 0 Å². The molecular weight excluding hydrogens is 1220 g/mol. The van der Waals surface area contributed by atoms with E-state index in [2.05, 4.69) is 21.3 Å². The zero-order chi connectivity index (χ0) is 70.2. The highest BCUT2D eigenvalue weighted by Crippen LogP contribution is 2.35. The van der Waals surface area contributed by atoms with Crippen LogP contribution in [-0.2, 0) is 73.3 Å². The molecule has 3 saturated heterocycles. The van der Waals surface area contributed by atoms with Gasteiger partial charge < -0.3 is 91.7 Å². The number of ketones is 4. The maximum Gasteiger partial charge on any atom is 0.325 e.